The Morgan fingerprint density at radius 3 is 2.78 bits per heavy atom. The molecule has 0 aromatic carbocycles. The number of nitrogens with two attached hydrogens (primary N) is 1. The first-order chi connectivity index (χ1) is 8.61. The lowest BCUT2D eigenvalue weighted by Gasteiger charge is -2.15. The van der Waals surface area contributed by atoms with Crippen LogP contribution >= 0.6 is 0 Å². The van der Waals surface area contributed by atoms with Crippen molar-refractivity contribution < 1.29 is 4.79 Å². The van der Waals surface area contributed by atoms with Crippen LogP contribution in [0.4, 0.5) is 5.82 Å². The van der Waals surface area contributed by atoms with E-state index >= 15 is 0 Å². The molecule has 3 N–H and O–H groups in total. The number of carbonyl (C=O) groups excluding carboxylic acids is 1. The molecule has 0 bridgehead atoms. The van der Waals surface area contributed by atoms with Crippen molar-refractivity contribution in [2.45, 2.75) is 19.9 Å². The van der Waals surface area contributed by atoms with Crippen LogP contribution < -0.4 is 16.0 Å². The van der Waals surface area contributed by atoms with Crippen LogP contribution in [0.5, 0.6) is 0 Å². The maximum absolute atomic E-state index is 11.5. The number of hydrogen-bond acceptors (Lipinski definition) is 5. The van der Waals surface area contributed by atoms with Gasteiger partial charge in [0.2, 0.25) is 0 Å². The van der Waals surface area contributed by atoms with Gasteiger partial charge in [0.25, 0.3) is 5.91 Å². The number of nitrogens with zero attached hydrogens (tertiary/aromatic N) is 3. The van der Waals surface area contributed by atoms with Crippen molar-refractivity contribution in [1.29, 1.82) is 0 Å². The fourth-order valence-corrected chi connectivity index (χ4v) is 2.05. The van der Waals surface area contributed by atoms with E-state index in [0.29, 0.717) is 18.2 Å². The lowest BCUT2D eigenvalue weighted by Crippen LogP contribution is -2.29. The van der Waals surface area contributed by atoms with Gasteiger partial charge in [-0.3, -0.25) is 4.79 Å². The molecule has 1 saturated heterocycles. The average molecular weight is 249 g/mol. The molecule has 0 aliphatic carbocycles. The van der Waals surface area contributed by atoms with Crippen molar-refractivity contribution in [2.75, 3.05) is 24.5 Å². The maximum atomic E-state index is 11.5. The number of rotatable bonds is 3. The fraction of sp³-hybridized carbons (Fsp3) is 0.583. The molecule has 0 spiro atoms. The summed E-state index contributed by atoms with van der Waals surface area (Å²) in [4.78, 5) is 13.6. The van der Waals surface area contributed by atoms with Gasteiger partial charge in [-0.2, -0.15) is 0 Å². The van der Waals surface area contributed by atoms with Crippen LogP contribution in [-0.4, -0.2) is 41.8 Å². The highest BCUT2D eigenvalue weighted by atomic mass is 16.1. The first-order valence-corrected chi connectivity index (χ1v) is 6.24. The van der Waals surface area contributed by atoms with E-state index in [2.05, 4.69) is 27.3 Å². The molecule has 2 heterocycles. The number of carbonyl (C=O) groups is 1. The summed E-state index contributed by atoms with van der Waals surface area (Å²) in [5, 5.41) is 10.7. The largest absolute Gasteiger partial charge is 0.353 e. The first-order valence-electron chi connectivity index (χ1n) is 6.24. The third kappa shape index (κ3) is 2.59. The van der Waals surface area contributed by atoms with Gasteiger partial charge in [-0.25, -0.2) is 0 Å². The highest BCUT2D eigenvalue weighted by Gasteiger charge is 2.27. The van der Waals surface area contributed by atoms with Crippen molar-refractivity contribution in [3.63, 3.8) is 0 Å². The Morgan fingerprint density at radius 1 is 1.50 bits per heavy atom. The summed E-state index contributed by atoms with van der Waals surface area (Å²) in [6, 6.07) is 3.69. The molecule has 2 atom stereocenters. The molecule has 1 aromatic rings. The smallest absolute Gasteiger partial charge is 0.271 e. The van der Waals surface area contributed by atoms with Crippen LogP contribution in [0.2, 0.25) is 0 Å². The molecule has 0 saturated carbocycles. The highest BCUT2D eigenvalue weighted by molar-refractivity contribution is 5.92. The quantitative estimate of drug-likeness (QED) is 0.788. The standard InChI is InChI=1S/C12H19N5O/c1-3-14-12(18)10-4-5-11(16-15-10)17-6-8(2)9(13)7-17/h4-5,8-9H,3,6-7,13H2,1-2H3,(H,14,18). The van der Waals surface area contributed by atoms with Gasteiger partial charge in [-0.05, 0) is 25.0 Å². The third-order valence-electron chi connectivity index (χ3n) is 3.21. The zero-order valence-electron chi connectivity index (χ0n) is 10.8. The number of aromatic nitrogens is 2. The van der Waals surface area contributed by atoms with Crippen LogP contribution in [0, 0.1) is 5.92 Å². The van der Waals surface area contributed by atoms with Crippen molar-refractivity contribution in [3.05, 3.63) is 17.8 Å². The lowest BCUT2D eigenvalue weighted by molar-refractivity contribution is 0.0950. The molecule has 18 heavy (non-hydrogen) atoms. The Hall–Kier alpha value is -1.69. The second-order valence-corrected chi connectivity index (χ2v) is 4.68. The second kappa shape index (κ2) is 5.30. The fourth-order valence-electron chi connectivity index (χ4n) is 2.05. The summed E-state index contributed by atoms with van der Waals surface area (Å²) in [7, 11) is 0. The molecular formula is C12H19N5O. The van der Waals surface area contributed by atoms with E-state index < -0.39 is 0 Å². The SMILES string of the molecule is CCNC(=O)c1ccc(N2CC(C)C(N)C2)nn1. The number of amides is 1. The van der Waals surface area contributed by atoms with Crippen molar-refractivity contribution in [3.8, 4) is 0 Å². The van der Waals surface area contributed by atoms with E-state index in [1.54, 1.807) is 6.07 Å². The summed E-state index contributed by atoms with van der Waals surface area (Å²) in [6.07, 6.45) is 0. The molecule has 0 radical (unpaired) electrons. The summed E-state index contributed by atoms with van der Waals surface area (Å²) >= 11 is 0. The van der Waals surface area contributed by atoms with Gasteiger partial charge in [-0.15, -0.1) is 10.2 Å². The lowest BCUT2D eigenvalue weighted by atomic mass is 10.1. The monoisotopic (exact) mass is 249 g/mol. The number of hydrogen-bond donors (Lipinski definition) is 2. The molecule has 2 rings (SSSR count). The summed E-state index contributed by atoms with van der Waals surface area (Å²) in [6.45, 7) is 6.25. The minimum atomic E-state index is -0.192. The predicted molar refractivity (Wildman–Crippen MR) is 69.4 cm³/mol. The minimum Gasteiger partial charge on any atom is -0.353 e. The zero-order valence-corrected chi connectivity index (χ0v) is 10.8. The Balaban J connectivity index is 2.06. The van der Waals surface area contributed by atoms with Gasteiger partial charge in [0.1, 0.15) is 0 Å². The molecule has 98 valence electrons. The van der Waals surface area contributed by atoms with Gasteiger partial charge >= 0.3 is 0 Å². The van der Waals surface area contributed by atoms with E-state index in [1.165, 1.54) is 0 Å². The zero-order chi connectivity index (χ0) is 13.1. The van der Waals surface area contributed by atoms with Crippen LogP contribution in [0.1, 0.15) is 24.3 Å². The van der Waals surface area contributed by atoms with E-state index in [9.17, 15) is 4.79 Å². The van der Waals surface area contributed by atoms with E-state index in [1.807, 2.05) is 13.0 Å². The van der Waals surface area contributed by atoms with E-state index in [-0.39, 0.29) is 11.9 Å². The molecule has 2 unspecified atom stereocenters. The maximum Gasteiger partial charge on any atom is 0.271 e. The summed E-state index contributed by atoms with van der Waals surface area (Å²) in [5.74, 6) is 1.04. The van der Waals surface area contributed by atoms with Crippen LogP contribution in [0.25, 0.3) is 0 Å². The summed E-state index contributed by atoms with van der Waals surface area (Å²) < 4.78 is 0. The first kappa shape index (κ1) is 12.8. The Kier molecular flexibility index (Phi) is 3.76. The van der Waals surface area contributed by atoms with Gasteiger partial charge in [-0.1, -0.05) is 6.92 Å². The predicted octanol–water partition coefficient (Wildman–Crippen LogP) is 0.00970. The molecule has 1 aromatic heterocycles. The van der Waals surface area contributed by atoms with E-state index in [4.69, 9.17) is 5.73 Å². The van der Waals surface area contributed by atoms with Crippen LogP contribution in [-0.2, 0) is 0 Å². The average Bonchev–Trinajstić information content (AvgIpc) is 2.70. The topological polar surface area (TPSA) is 84.1 Å². The van der Waals surface area contributed by atoms with Gasteiger partial charge in [0.15, 0.2) is 11.5 Å². The van der Waals surface area contributed by atoms with Gasteiger partial charge < -0.3 is 16.0 Å². The Morgan fingerprint density at radius 2 is 2.28 bits per heavy atom. The van der Waals surface area contributed by atoms with Crippen LogP contribution in [0.3, 0.4) is 0 Å². The van der Waals surface area contributed by atoms with Gasteiger partial charge in [0.05, 0.1) is 0 Å². The highest BCUT2D eigenvalue weighted by Crippen LogP contribution is 2.20. The summed E-state index contributed by atoms with van der Waals surface area (Å²) in [5.41, 5.74) is 6.31. The number of nitrogens with one attached hydrogen (secondary N) is 1. The number of anilines is 1. The van der Waals surface area contributed by atoms with Crippen molar-refractivity contribution in [2.24, 2.45) is 11.7 Å². The molecule has 6 heteroatoms. The molecule has 1 amide bonds. The molecule has 1 fully saturated rings. The normalized spacial score (nSPS) is 23.2. The minimum absolute atomic E-state index is 0.176. The third-order valence-corrected chi connectivity index (χ3v) is 3.21. The van der Waals surface area contributed by atoms with Crippen molar-refractivity contribution >= 4 is 11.7 Å². The molecule has 1 aliphatic rings. The van der Waals surface area contributed by atoms with Crippen LogP contribution in [0.15, 0.2) is 12.1 Å². The molecular weight excluding hydrogens is 230 g/mol. The second-order valence-electron chi connectivity index (χ2n) is 4.68. The molecule has 1 aliphatic heterocycles. The Bertz CT molecular complexity index is 409. The van der Waals surface area contributed by atoms with E-state index in [0.717, 1.165) is 18.9 Å². The van der Waals surface area contributed by atoms with Crippen molar-refractivity contribution in [1.82, 2.24) is 15.5 Å². The molecule has 6 nitrogen and oxygen atoms in total. The van der Waals surface area contributed by atoms with Gasteiger partial charge in [0, 0.05) is 25.7 Å². The Labute approximate surface area is 107 Å².